The van der Waals surface area contributed by atoms with Gasteiger partial charge in [0.2, 0.25) is 11.8 Å². The van der Waals surface area contributed by atoms with Gasteiger partial charge < -0.3 is 29.7 Å². The van der Waals surface area contributed by atoms with Crippen molar-refractivity contribution in [1.82, 2.24) is 9.80 Å². The van der Waals surface area contributed by atoms with Gasteiger partial charge >= 0.3 is 0 Å². The highest BCUT2D eigenvalue weighted by Crippen LogP contribution is 2.31. The number of anilines is 1. The number of hydrogen-bond acceptors (Lipinski definition) is 6. The molecule has 1 aliphatic heterocycles. The van der Waals surface area contributed by atoms with Crippen LogP contribution in [0.25, 0.3) is 0 Å². The molecule has 3 aliphatic rings. The first-order valence-electron chi connectivity index (χ1n) is 17.6. The van der Waals surface area contributed by atoms with Crippen LogP contribution in [-0.4, -0.2) is 84.2 Å². The highest BCUT2D eigenvalue weighted by atomic mass is 16.5. The monoisotopic (exact) mass is 627 g/mol. The van der Waals surface area contributed by atoms with E-state index < -0.39 is 6.04 Å². The van der Waals surface area contributed by atoms with Gasteiger partial charge in [0.15, 0.2) is 0 Å². The molecule has 1 aromatic carbocycles. The summed E-state index contributed by atoms with van der Waals surface area (Å²) in [5.41, 5.74) is 0.943. The van der Waals surface area contributed by atoms with E-state index in [-0.39, 0.29) is 54.3 Å². The second-order valence-electron chi connectivity index (χ2n) is 13.9. The molecule has 9 nitrogen and oxygen atoms in total. The summed E-state index contributed by atoms with van der Waals surface area (Å²) in [6.07, 6.45) is 12.6. The Balaban J connectivity index is 1.58. The molecule has 0 bridgehead atoms. The number of carbonyl (C=O) groups is 3. The number of ether oxygens (including phenoxy) is 2. The van der Waals surface area contributed by atoms with Gasteiger partial charge in [0.25, 0.3) is 5.91 Å². The van der Waals surface area contributed by atoms with E-state index in [1.165, 1.54) is 12.8 Å². The smallest absolute Gasteiger partial charge is 0.258 e. The maximum absolute atomic E-state index is 14.4. The minimum absolute atomic E-state index is 0.00151. The fourth-order valence-corrected chi connectivity index (χ4v) is 7.09. The molecule has 45 heavy (non-hydrogen) atoms. The van der Waals surface area contributed by atoms with Gasteiger partial charge in [0.1, 0.15) is 5.75 Å². The van der Waals surface area contributed by atoms with Crippen molar-refractivity contribution in [3.8, 4) is 5.75 Å². The predicted octanol–water partition coefficient (Wildman–Crippen LogP) is 6.04. The maximum atomic E-state index is 14.4. The van der Waals surface area contributed by atoms with E-state index in [0.717, 1.165) is 70.6 Å². The van der Waals surface area contributed by atoms with Crippen LogP contribution in [0.2, 0.25) is 0 Å². The van der Waals surface area contributed by atoms with E-state index in [1.54, 1.807) is 17.0 Å². The normalized spacial score (nSPS) is 25.4. The quantitative estimate of drug-likeness (QED) is 0.382. The van der Waals surface area contributed by atoms with Crippen LogP contribution < -0.4 is 10.1 Å². The number of fused-ring (bicyclic) bond motifs is 1. The van der Waals surface area contributed by atoms with Gasteiger partial charge in [-0.3, -0.25) is 14.4 Å². The lowest BCUT2D eigenvalue weighted by Crippen LogP contribution is -2.48. The molecular formula is C36H57N3O6. The average molecular weight is 628 g/mol. The Morgan fingerprint density at radius 2 is 1.62 bits per heavy atom. The van der Waals surface area contributed by atoms with Gasteiger partial charge in [0.05, 0.1) is 30.4 Å². The topological polar surface area (TPSA) is 108 Å². The average Bonchev–Trinajstić information content (AvgIpc) is 3.06. The van der Waals surface area contributed by atoms with E-state index in [9.17, 15) is 19.5 Å². The third-order valence-electron chi connectivity index (χ3n) is 10.1. The molecule has 0 saturated heterocycles. The number of aliphatic hydroxyl groups excluding tert-OH is 1. The molecule has 0 aromatic heterocycles. The number of rotatable bonds is 7. The summed E-state index contributed by atoms with van der Waals surface area (Å²) in [5, 5.41) is 13.3. The van der Waals surface area contributed by atoms with Crippen molar-refractivity contribution in [3.05, 3.63) is 23.8 Å². The van der Waals surface area contributed by atoms with Gasteiger partial charge in [-0.25, -0.2) is 0 Å². The first-order chi connectivity index (χ1) is 21.7. The van der Waals surface area contributed by atoms with Crippen molar-refractivity contribution in [2.75, 3.05) is 38.7 Å². The van der Waals surface area contributed by atoms with E-state index in [2.05, 4.69) is 12.2 Å². The molecule has 2 saturated carbocycles. The number of hydrogen-bond donors (Lipinski definition) is 2. The van der Waals surface area contributed by atoms with Crippen molar-refractivity contribution in [1.29, 1.82) is 0 Å². The Hall–Kier alpha value is -2.65. The predicted molar refractivity (Wildman–Crippen MR) is 176 cm³/mol. The van der Waals surface area contributed by atoms with Gasteiger partial charge in [-0.1, -0.05) is 45.4 Å². The summed E-state index contributed by atoms with van der Waals surface area (Å²) in [6.45, 7) is 7.06. The van der Waals surface area contributed by atoms with Gasteiger partial charge in [0, 0.05) is 50.2 Å². The molecule has 4 atom stereocenters. The van der Waals surface area contributed by atoms with Crippen LogP contribution in [0.5, 0.6) is 5.75 Å². The molecule has 0 spiro atoms. The lowest BCUT2D eigenvalue weighted by molar-refractivity contribution is -0.138. The van der Waals surface area contributed by atoms with Crippen molar-refractivity contribution < 1.29 is 29.0 Å². The molecule has 9 heteroatoms. The Bertz CT molecular complexity index is 1120. The third kappa shape index (κ3) is 9.92. The van der Waals surface area contributed by atoms with E-state index >= 15 is 0 Å². The number of amides is 3. The standard InChI is InChI=1S/C36H57N3O6/c1-25-22-39(26(2)24-40)36(43)31-21-30(37-34(41)28-14-7-5-8-15-28)18-19-32(31)45-27(3)13-11-12-20-44-33(25)23-38(4)35(42)29-16-9-6-10-17-29/h18-19,21,25-29,33,40H,5-17,20,22-24H2,1-4H3,(H,37,41)/t25-,26-,27+,33-/m1/s1. The van der Waals surface area contributed by atoms with Gasteiger partial charge in [-0.05, 0) is 77.0 Å². The van der Waals surface area contributed by atoms with Crippen LogP contribution in [0.4, 0.5) is 5.69 Å². The molecular weight excluding hydrogens is 570 g/mol. The van der Waals surface area contributed by atoms with Crippen LogP contribution in [0.3, 0.4) is 0 Å². The lowest BCUT2D eigenvalue weighted by atomic mass is 9.88. The largest absolute Gasteiger partial charge is 0.490 e. The number of likely N-dealkylation sites (N-methyl/N-ethyl adjacent to an activating group) is 1. The summed E-state index contributed by atoms with van der Waals surface area (Å²) < 4.78 is 12.8. The fourth-order valence-electron chi connectivity index (χ4n) is 7.09. The van der Waals surface area contributed by atoms with E-state index in [1.807, 2.05) is 31.9 Å². The minimum Gasteiger partial charge on any atom is -0.490 e. The van der Waals surface area contributed by atoms with Crippen molar-refractivity contribution in [2.24, 2.45) is 17.8 Å². The zero-order chi connectivity index (χ0) is 32.3. The number of nitrogens with zero attached hydrogens (tertiary/aromatic N) is 2. The van der Waals surface area contributed by atoms with Crippen molar-refractivity contribution in [3.63, 3.8) is 0 Å². The highest BCUT2D eigenvalue weighted by Gasteiger charge is 2.32. The van der Waals surface area contributed by atoms with Crippen LogP contribution in [0.15, 0.2) is 18.2 Å². The Morgan fingerprint density at radius 3 is 2.29 bits per heavy atom. The zero-order valence-electron chi connectivity index (χ0n) is 28.1. The molecule has 252 valence electrons. The van der Waals surface area contributed by atoms with Crippen LogP contribution in [0, 0.1) is 17.8 Å². The second-order valence-corrected chi connectivity index (χ2v) is 13.9. The number of benzene rings is 1. The Kier molecular flexibility index (Phi) is 13.5. The molecule has 3 amide bonds. The molecule has 4 rings (SSSR count). The Labute approximate surface area is 270 Å². The molecule has 0 unspecified atom stereocenters. The van der Waals surface area contributed by atoms with Crippen molar-refractivity contribution in [2.45, 2.75) is 122 Å². The first kappa shape index (κ1) is 35.2. The summed E-state index contributed by atoms with van der Waals surface area (Å²) in [4.78, 5) is 44.3. The molecule has 2 N–H and O–H groups in total. The van der Waals surface area contributed by atoms with Crippen LogP contribution in [-0.2, 0) is 14.3 Å². The minimum atomic E-state index is -0.458. The highest BCUT2D eigenvalue weighted by molar-refractivity contribution is 6.00. The van der Waals surface area contributed by atoms with Gasteiger partial charge in [-0.2, -0.15) is 0 Å². The summed E-state index contributed by atoms with van der Waals surface area (Å²) >= 11 is 0. The van der Waals surface area contributed by atoms with Crippen LogP contribution >= 0.6 is 0 Å². The van der Waals surface area contributed by atoms with Crippen molar-refractivity contribution >= 4 is 23.4 Å². The molecule has 2 fully saturated rings. The molecule has 2 aliphatic carbocycles. The number of aliphatic hydroxyl groups is 1. The third-order valence-corrected chi connectivity index (χ3v) is 10.1. The Morgan fingerprint density at radius 1 is 0.978 bits per heavy atom. The molecule has 0 radical (unpaired) electrons. The summed E-state index contributed by atoms with van der Waals surface area (Å²) in [6, 6.07) is 4.87. The number of carbonyl (C=O) groups excluding carboxylic acids is 3. The first-order valence-corrected chi connectivity index (χ1v) is 17.6. The second kappa shape index (κ2) is 17.3. The van der Waals surface area contributed by atoms with Gasteiger partial charge in [-0.15, -0.1) is 0 Å². The maximum Gasteiger partial charge on any atom is 0.258 e. The van der Waals surface area contributed by atoms with E-state index in [0.29, 0.717) is 36.7 Å². The molecule has 1 heterocycles. The fraction of sp³-hybridized carbons (Fsp3) is 0.750. The number of nitrogens with one attached hydrogen (secondary N) is 1. The summed E-state index contributed by atoms with van der Waals surface area (Å²) in [7, 11) is 1.87. The lowest BCUT2D eigenvalue weighted by Gasteiger charge is -2.36. The zero-order valence-corrected chi connectivity index (χ0v) is 28.1. The molecule has 1 aromatic rings. The van der Waals surface area contributed by atoms with E-state index in [4.69, 9.17) is 9.47 Å². The SMILES string of the molecule is C[C@@H]1CN([C@H](C)CO)C(=O)c2cc(NC(=O)C3CCCCC3)ccc2O[C@@H](C)CCCCO[C@@H]1CN(C)C(=O)C1CCCCC1. The van der Waals surface area contributed by atoms with Crippen LogP contribution in [0.1, 0.15) is 115 Å². The summed E-state index contributed by atoms with van der Waals surface area (Å²) in [5.74, 6) is 0.366.